The quantitative estimate of drug-likeness (QED) is 0.645. The van der Waals surface area contributed by atoms with Crippen LogP contribution in [-0.4, -0.2) is 46.7 Å². The minimum absolute atomic E-state index is 0.117. The number of nitrogens with one attached hydrogen (secondary N) is 2. The number of hydrogen-bond donors (Lipinski definition) is 2. The normalized spacial score (nSPS) is 14.7. The molecule has 0 aliphatic carbocycles. The number of carbonyl (C=O) groups is 1. The molecule has 2 heterocycles. The van der Waals surface area contributed by atoms with Gasteiger partial charge in [-0.05, 0) is 29.8 Å². The predicted molar refractivity (Wildman–Crippen MR) is 115 cm³/mol. The third-order valence-corrected chi connectivity index (χ3v) is 5.22. The van der Waals surface area contributed by atoms with Crippen molar-refractivity contribution < 1.29 is 9.53 Å². The standard InChI is InChI=1S/C22H24N4O4/c27-20(9-10-26-19-4-2-1-3-18(19)21(28)24-22(26)29)23-17-7-5-16(6-8-17)15-25-11-13-30-14-12-25/h1-8H,9-15H2,(H,23,27)(H,24,28,29). The van der Waals surface area contributed by atoms with Gasteiger partial charge < -0.3 is 10.1 Å². The molecule has 0 radical (unpaired) electrons. The van der Waals surface area contributed by atoms with E-state index in [-0.39, 0.29) is 18.9 Å². The lowest BCUT2D eigenvalue weighted by Gasteiger charge is -2.26. The third-order valence-electron chi connectivity index (χ3n) is 5.22. The molecule has 0 saturated carbocycles. The van der Waals surface area contributed by atoms with Crippen molar-refractivity contribution >= 4 is 22.5 Å². The second-order valence-electron chi connectivity index (χ2n) is 7.31. The van der Waals surface area contributed by atoms with Crippen molar-refractivity contribution in [1.29, 1.82) is 0 Å². The fraction of sp³-hybridized carbons (Fsp3) is 0.318. The smallest absolute Gasteiger partial charge is 0.328 e. The average Bonchev–Trinajstić information content (AvgIpc) is 2.76. The van der Waals surface area contributed by atoms with Gasteiger partial charge in [-0.25, -0.2) is 4.79 Å². The van der Waals surface area contributed by atoms with Gasteiger partial charge in [-0.1, -0.05) is 24.3 Å². The van der Waals surface area contributed by atoms with Crippen molar-refractivity contribution in [3.05, 3.63) is 74.9 Å². The molecule has 1 aliphatic heterocycles. The Hall–Kier alpha value is -3.23. The molecule has 0 atom stereocenters. The summed E-state index contributed by atoms with van der Waals surface area (Å²) in [6.07, 6.45) is 0.117. The number of morpholine rings is 1. The number of aryl methyl sites for hydroxylation is 1. The fourth-order valence-corrected chi connectivity index (χ4v) is 3.61. The topological polar surface area (TPSA) is 96.4 Å². The van der Waals surface area contributed by atoms with E-state index in [2.05, 4.69) is 15.2 Å². The van der Waals surface area contributed by atoms with Crippen LogP contribution >= 0.6 is 0 Å². The Bertz CT molecular complexity index is 1140. The molecule has 0 spiro atoms. The molecule has 1 fully saturated rings. The van der Waals surface area contributed by atoms with E-state index in [9.17, 15) is 14.4 Å². The van der Waals surface area contributed by atoms with Crippen LogP contribution in [0.2, 0.25) is 0 Å². The van der Waals surface area contributed by atoms with Gasteiger partial charge in [0.15, 0.2) is 0 Å². The van der Waals surface area contributed by atoms with E-state index >= 15 is 0 Å². The van der Waals surface area contributed by atoms with Gasteiger partial charge in [0.2, 0.25) is 5.91 Å². The molecule has 0 unspecified atom stereocenters. The molecule has 0 bridgehead atoms. The SMILES string of the molecule is O=C(CCn1c(=O)[nH]c(=O)c2ccccc21)Nc1ccc(CN2CCOCC2)cc1. The first kappa shape index (κ1) is 20.1. The average molecular weight is 408 g/mol. The van der Waals surface area contributed by atoms with E-state index in [1.54, 1.807) is 24.3 Å². The number of benzene rings is 2. The Balaban J connectivity index is 1.37. The van der Waals surface area contributed by atoms with Crippen LogP contribution in [0.3, 0.4) is 0 Å². The van der Waals surface area contributed by atoms with Crippen LogP contribution in [0, 0.1) is 0 Å². The molecular weight excluding hydrogens is 384 g/mol. The van der Waals surface area contributed by atoms with Crippen LogP contribution < -0.4 is 16.6 Å². The van der Waals surface area contributed by atoms with Gasteiger partial charge >= 0.3 is 5.69 Å². The monoisotopic (exact) mass is 408 g/mol. The van der Waals surface area contributed by atoms with Crippen LogP contribution in [0.25, 0.3) is 10.9 Å². The highest BCUT2D eigenvalue weighted by atomic mass is 16.5. The number of carbonyl (C=O) groups excluding carboxylic acids is 1. The Morgan fingerprint density at radius 1 is 1.03 bits per heavy atom. The summed E-state index contributed by atoms with van der Waals surface area (Å²) in [4.78, 5) is 41.1. The lowest BCUT2D eigenvalue weighted by atomic mass is 10.2. The van der Waals surface area contributed by atoms with Crippen molar-refractivity contribution in [2.75, 3.05) is 31.6 Å². The van der Waals surface area contributed by atoms with Gasteiger partial charge in [-0.15, -0.1) is 0 Å². The summed E-state index contributed by atoms with van der Waals surface area (Å²) in [5, 5.41) is 3.29. The van der Waals surface area contributed by atoms with Gasteiger partial charge in [0.1, 0.15) is 0 Å². The lowest BCUT2D eigenvalue weighted by Crippen LogP contribution is -2.35. The highest BCUT2D eigenvalue weighted by Crippen LogP contribution is 2.13. The zero-order chi connectivity index (χ0) is 20.9. The van der Waals surface area contributed by atoms with Crippen LogP contribution in [-0.2, 0) is 22.6 Å². The van der Waals surface area contributed by atoms with Crippen LogP contribution in [0.1, 0.15) is 12.0 Å². The molecule has 3 aromatic rings. The maximum atomic E-state index is 12.4. The lowest BCUT2D eigenvalue weighted by molar-refractivity contribution is -0.116. The van der Waals surface area contributed by atoms with E-state index < -0.39 is 11.2 Å². The second-order valence-corrected chi connectivity index (χ2v) is 7.31. The number of nitrogens with zero attached hydrogens (tertiary/aromatic N) is 2. The largest absolute Gasteiger partial charge is 0.379 e. The van der Waals surface area contributed by atoms with Crippen molar-refractivity contribution in [3.63, 3.8) is 0 Å². The summed E-state index contributed by atoms with van der Waals surface area (Å²) in [5.41, 5.74) is 1.48. The summed E-state index contributed by atoms with van der Waals surface area (Å²) >= 11 is 0. The summed E-state index contributed by atoms with van der Waals surface area (Å²) in [6, 6.07) is 14.6. The highest BCUT2D eigenvalue weighted by molar-refractivity contribution is 5.90. The first-order valence-electron chi connectivity index (χ1n) is 10.0. The number of rotatable bonds is 6. The van der Waals surface area contributed by atoms with Crippen molar-refractivity contribution in [2.24, 2.45) is 0 Å². The molecule has 156 valence electrons. The molecular formula is C22H24N4O4. The van der Waals surface area contributed by atoms with Crippen molar-refractivity contribution in [3.8, 4) is 0 Å². The Morgan fingerprint density at radius 2 is 1.77 bits per heavy atom. The van der Waals surface area contributed by atoms with Gasteiger partial charge in [-0.3, -0.25) is 24.0 Å². The van der Waals surface area contributed by atoms with Crippen molar-refractivity contribution in [1.82, 2.24) is 14.5 Å². The number of anilines is 1. The van der Waals surface area contributed by atoms with E-state index in [0.717, 1.165) is 32.8 Å². The number of aromatic amines is 1. The van der Waals surface area contributed by atoms with E-state index in [1.807, 2.05) is 24.3 Å². The van der Waals surface area contributed by atoms with Gasteiger partial charge in [0.25, 0.3) is 5.56 Å². The highest BCUT2D eigenvalue weighted by Gasteiger charge is 2.11. The Morgan fingerprint density at radius 3 is 2.53 bits per heavy atom. The van der Waals surface area contributed by atoms with Crippen LogP contribution in [0.15, 0.2) is 58.1 Å². The van der Waals surface area contributed by atoms with E-state index in [4.69, 9.17) is 4.74 Å². The summed E-state index contributed by atoms with van der Waals surface area (Å²) in [7, 11) is 0. The maximum absolute atomic E-state index is 12.4. The molecule has 1 saturated heterocycles. The van der Waals surface area contributed by atoms with Crippen LogP contribution in [0.4, 0.5) is 5.69 Å². The molecule has 8 heteroatoms. The molecule has 30 heavy (non-hydrogen) atoms. The maximum Gasteiger partial charge on any atom is 0.328 e. The van der Waals surface area contributed by atoms with E-state index in [0.29, 0.717) is 16.6 Å². The molecule has 1 aromatic heterocycles. The predicted octanol–water partition coefficient (Wildman–Crippen LogP) is 1.55. The summed E-state index contributed by atoms with van der Waals surface area (Å²) in [6.45, 7) is 4.43. The number of para-hydroxylation sites is 1. The van der Waals surface area contributed by atoms with Gasteiger partial charge in [-0.2, -0.15) is 0 Å². The van der Waals surface area contributed by atoms with Crippen molar-refractivity contribution in [2.45, 2.75) is 19.5 Å². The molecule has 8 nitrogen and oxygen atoms in total. The second kappa shape index (κ2) is 9.06. The van der Waals surface area contributed by atoms with Crippen LogP contribution in [0.5, 0.6) is 0 Å². The molecule has 2 N–H and O–H groups in total. The number of amides is 1. The molecule has 4 rings (SSSR count). The van der Waals surface area contributed by atoms with Gasteiger partial charge in [0, 0.05) is 38.3 Å². The molecule has 1 aliphatic rings. The first-order chi connectivity index (χ1) is 14.6. The number of ether oxygens (including phenoxy) is 1. The molecule has 2 aromatic carbocycles. The summed E-state index contributed by atoms with van der Waals surface area (Å²) in [5.74, 6) is -0.196. The minimum Gasteiger partial charge on any atom is -0.379 e. The zero-order valence-electron chi connectivity index (χ0n) is 16.6. The van der Waals surface area contributed by atoms with E-state index in [1.165, 1.54) is 10.1 Å². The zero-order valence-corrected chi connectivity index (χ0v) is 16.6. The Labute approximate surface area is 173 Å². The molecule has 1 amide bonds. The third kappa shape index (κ3) is 4.67. The number of H-pyrrole nitrogens is 1. The summed E-state index contributed by atoms with van der Waals surface area (Å²) < 4.78 is 6.78. The number of aromatic nitrogens is 2. The van der Waals surface area contributed by atoms with Gasteiger partial charge in [0.05, 0.1) is 24.1 Å². The minimum atomic E-state index is -0.515. The fourth-order valence-electron chi connectivity index (χ4n) is 3.61. The Kier molecular flexibility index (Phi) is 6.06. The number of fused-ring (bicyclic) bond motifs is 1. The first-order valence-corrected chi connectivity index (χ1v) is 10.0. The number of hydrogen-bond acceptors (Lipinski definition) is 5.